The van der Waals surface area contributed by atoms with E-state index in [-0.39, 0.29) is 18.1 Å². The number of rotatable bonds is 4. The molecule has 0 spiro atoms. The highest BCUT2D eigenvalue weighted by Crippen LogP contribution is 2.18. The van der Waals surface area contributed by atoms with Gasteiger partial charge >= 0.3 is 0 Å². The molecular weight excluding hydrogens is 318 g/mol. The Morgan fingerprint density at radius 2 is 2.08 bits per heavy atom. The molecule has 1 aromatic heterocycles. The first-order valence-electron chi connectivity index (χ1n) is 7.77. The van der Waals surface area contributed by atoms with Crippen LogP contribution in [-0.2, 0) is 0 Å². The van der Waals surface area contributed by atoms with Crippen molar-refractivity contribution in [3.8, 4) is 0 Å². The van der Waals surface area contributed by atoms with Gasteiger partial charge in [-0.2, -0.15) is 0 Å². The molecule has 0 saturated heterocycles. The predicted molar refractivity (Wildman–Crippen MR) is 97.6 cm³/mol. The van der Waals surface area contributed by atoms with Crippen LogP contribution in [0.2, 0.25) is 0 Å². The lowest BCUT2D eigenvalue weighted by Crippen LogP contribution is -2.15. The monoisotopic (exact) mass is 335 g/mol. The molecule has 3 N–H and O–H groups in total. The van der Waals surface area contributed by atoms with E-state index in [1.807, 2.05) is 18.2 Å². The number of aryl methyl sites for hydroxylation is 1. The Kier molecular flexibility index (Phi) is 4.72. The van der Waals surface area contributed by atoms with Gasteiger partial charge in [0, 0.05) is 11.3 Å². The van der Waals surface area contributed by atoms with Gasteiger partial charge in [0.2, 0.25) is 0 Å². The number of hydrogen-bond acceptors (Lipinski definition) is 4. The van der Waals surface area contributed by atoms with E-state index in [2.05, 4.69) is 15.3 Å². The summed E-state index contributed by atoms with van der Waals surface area (Å²) >= 11 is 0. The minimum atomic E-state index is -0.327. The molecule has 25 heavy (non-hydrogen) atoms. The summed E-state index contributed by atoms with van der Waals surface area (Å²) in [5, 5.41) is 12.1. The number of H-pyrrole nitrogens is 1. The number of para-hydroxylation sites is 1. The second-order valence-corrected chi connectivity index (χ2v) is 5.51. The van der Waals surface area contributed by atoms with Gasteiger partial charge in [0.05, 0.1) is 17.5 Å². The zero-order valence-electron chi connectivity index (χ0n) is 13.6. The van der Waals surface area contributed by atoms with Crippen LogP contribution in [0.15, 0.2) is 53.3 Å². The van der Waals surface area contributed by atoms with Crippen LogP contribution >= 0.6 is 0 Å². The lowest BCUT2D eigenvalue weighted by molar-refractivity contribution is 0.102. The van der Waals surface area contributed by atoms with Crippen molar-refractivity contribution >= 4 is 28.6 Å². The number of hydrogen-bond donors (Lipinski definition) is 3. The van der Waals surface area contributed by atoms with Crippen LogP contribution < -0.4 is 10.9 Å². The van der Waals surface area contributed by atoms with Crippen molar-refractivity contribution in [2.24, 2.45) is 0 Å². The van der Waals surface area contributed by atoms with Crippen molar-refractivity contribution in [2.45, 2.75) is 6.92 Å². The summed E-state index contributed by atoms with van der Waals surface area (Å²) in [5.41, 5.74) is 2.03. The Hall–Kier alpha value is -3.25. The van der Waals surface area contributed by atoms with Crippen LogP contribution in [0.3, 0.4) is 0 Å². The van der Waals surface area contributed by atoms with Crippen molar-refractivity contribution < 1.29 is 9.90 Å². The van der Waals surface area contributed by atoms with Crippen molar-refractivity contribution in [1.82, 2.24) is 9.97 Å². The van der Waals surface area contributed by atoms with Crippen LogP contribution in [-0.4, -0.2) is 27.6 Å². The molecule has 3 rings (SSSR count). The number of aromatic nitrogens is 2. The molecule has 0 fully saturated rings. The van der Waals surface area contributed by atoms with E-state index < -0.39 is 0 Å². The summed E-state index contributed by atoms with van der Waals surface area (Å²) in [6, 6.07) is 12.1. The molecule has 0 saturated carbocycles. The highest BCUT2D eigenvalue weighted by Gasteiger charge is 2.11. The summed E-state index contributed by atoms with van der Waals surface area (Å²) in [4.78, 5) is 31.5. The number of aliphatic hydroxyl groups excluding tert-OH is 1. The number of carbonyl (C=O) groups is 1. The van der Waals surface area contributed by atoms with Crippen molar-refractivity contribution in [1.29, 1.82) is 0 Å². The molecular formula is C19H17N3O3. The van der Waals surface area contributed by atoms with Crippen LogP contribution in [0, 0.1) is 6.92 Å². The first kappa shape index (κ1) is 16.6. The molecule has 6 nitrogen and oxygen atoms in total. The second kappa shape index (κ2) is 7.11. The molecule has 126 valence electrons. The molecule has 0 atom stereocenters. The maximum Gasteiger partial charge on any atom is 0.258 e. The van der Waals surface area contributed by atoms with E-state index >= 15 is 0 Å². The first-order chi connectivity index (χ1) is 12.1. The van der Waals surface area contributed by atoms with Gasteiger partial charge in [0.25, 0.3) is 11.5 Å². The molecule has 3 aromatic rings. The van der Waals surface area contributed by atoms with E-state index in [1.54, 1.807) is 37.3 Å². The number of amides is 1. The van der Waals surface area contributed by atoms with Crippen molar-refractivity contribution in [2.75, 3.05) is 11.9 Å². The highest BCUT2D eigenvalue weighted by molar-refractivity contribution is 6.06. The molecule has 2 aromatic carbocycles. The third-order valence-corrected chi connectivity index (χ3v) is 3.70. The highest BCUT2D eigenvalue weighted by atomic mass is 16.2. The standard InChI is InChI=1S/C19H17N3O3/c1-12-20-17-9-8-14(11-15(17)19(25)21-12)18(24)22-16-7-3-2-5-13(16)6-4-10-23/h2-9,11,23H,10H2,1H3,(H,22,24)(H,20,21,25)/b6-4+. The Bertz CT molecular complexity index is 1020. The molecule has 1 heterocycles. The number of benzene rings is 2. The summed E-state index contributed by atoms with van der Waals surface area (Å²) in [5.74, 6) is 0.200. The molecule has 0 aliphatic carbocycles. The number of nitrogens with zero attached hydrogens (tertiary/aromatic N) is 1. The number of aliphatic hydroxyl groups is 1. The van der Waals surface area contributed by atoms with E-state index in [0.29, 0.717) is 28.0 Å². The molecule has 1 amide bonds. The Balaban J connectivity index is 1.93. The number of aromatic amines is 1. The fraction of sp³-hybridized carbons (Fsp3) is 0.105. The SMILES string of the molecule is Cc1nc2ccc(C(=O)Nc3ccccc3/C=C/CO)cc2c(=O)[nH]1. The van der Waals surface area contributed by atoms with E-state index in [1.165, 1.54) is 6.07 Å². The van der Waals surface area contributed by atoms with Gasteiger partial charge < -0.3 is 15.4 Å². The van der Waals surface area contributed by atoms with E-state index in [0.717, 1.165) is 5.56 Å². The smallest absolute Gasteiger partial charge is 0.258 e. The normalized spacial score (nSPS) is 11.1. The Morgan fingerprint density at radius 1 is 1.28 bits per heavy atom. The van der Waals surface area contributed by atoms with Crippen molar-refractivity contribution in [3.05, 3.63) is 75.8 Å². The molecule has 0 unspecified atom stereocenters. The topological polar surface area (TPSA) is 95.1 Å². The fourth-order valence-corrected chi connectivity index (χ4v) is 2.53. The third kappa shape index (κ3) is 3.64. The second-order valence-electron chi connectivity index (χ2n) is 5.51. The van der Waals surface area contributed by atoms with Crippen LogP contribution in [0.1, 0.15) is 21.7 Å². The lowest BCUT2D eigenvalue weighted by Gasteiger charge is -2.09. The minimum Gasteiger partial charge on any atom is -0.392 e. The quantitative estimate of drug-likeness (QED) is 0.682. The zero-order valence-corrected chi connectivity index (χ0v) is 13.6. The van der Waals surface area contributed by atoms with Crippen molar-refractivity contribution in [3.63, 3.8) is 0 Å². The van der Waals surface area contributed by atoms with E-state index in [9.17, 15) is 9.59 Å². The average Bonchev–Trinajstić information content (AvgIpc) is 2.60. The minimum absolute atomic E-state index is 0.0812. The maximum atomic E-state index is 12.5. The Labute approximate surface area is 143 Å². The van der Waals surface area contributed by atoms with Gasteiger partial charge in [-0.05, 0) is 36.8 Å². The number of carbonyl (C=O) groups excluding carboxylic acids is 1. The average molecular weight is 335 g/mol. The number of nitrogens with one attached hydrogen (secondary N) is 2. The molecule has 0 aliphatic rings. The van der Waals surface area contributed by atoms with Gasteiger partial charge in [0.15, 0.2) is 0 Å². The largest absolute Gasteiger partial charge is 0.392 e. The van der Waals surface area contributed by atoms with Crippen LogP contribution in [0.4, 0.5) is 5.69 Å². The maximum absolute atomic E-state index is 12.5. The molecule has 0 radical (unpaired) electrons. The fourth-order valence-electron chi connectivity index (χ4n) is 2.53. The first-order valence-corrected chi connectivity index (χ1v) is 7.77. The molecule has 0 aliphatic heterocycles. The summed E-state index contributed by atoms with van der Waals surface area (Å²) in [7, 11) is 0. The molecule has 0 bridgehead atoms. The lowest BCUT2D eigenvalue weighted by atomic mass is 10.1. The van der Waals surface area contributed by atoms with Gasteiger partial charge in [0.1, 0.15) is 5.82 Å². The third-order valence-electron chi connectivity index (χ3n) is 3.70. The van der Waals surface area contributed by atoms with Gasteiger partial charge in [-0.15, -0.1) is 0 Å². The number of anilines is 1. The van der Waals surface area contributed by atoms with Crippen LogP contribution in [0.5, 0.6) is 0 Å². The van der Waals surface area contributed by atoms with E-state index in [4.69, 9.17) is 5.11 Å². The predicted octanol–water partition coefficient (Wildman–Crippen LogP) is 2.49. The zero-order chi connectivity index (χ0) is 17.8. The number of fused-ring (bicyclic) bond motifs is 1. The summed E-state index contributed by atoms with van der Waals surface area (Å²) in [6.07, 6.45) is 3.32. The molecule has 6 heteroatoms. The summed E-state index contributed by atoms with van der Waals surface area (Å²) < 4.78 is 0. The van der Waals surface area contributed by atoms with Gasteiger partial charge in [-0.1, -0.05) is 30.4 Å². The van der Waals surface area contributed by atoms with Gasteiger partial charge in [-0.3, -0.25) is 9.59 Å². The van der Waals surface area contributed by atoms with Crippen LogP contribution in [0.25, 0.3) is 17.0 Å². The summed E-state index contributed by atoms with van der Waals surface area (Å²) in [6.45, 7) is 1.63. The van der Waals surface area contributed by atoms with Gasteiger partial charge in [-0.25, -0.2) is 4.98 Å². The Morgan fingerprint density at radius 3 is 2.88 bits per heavy atom.